The number of H-pyrrole nitrogens is 1. The van der Waals surface area contributed by atoms with Crippen LogP contribution >= 0.6 is 0 Å². The van der Waals surface area contributed by atoms with Crippen LogP contribution in [0, 0.1) is 35.3 Å². The summed E-state index contributed by atoms with van der Waals surface area (Å²) in [6.45, 7) is 3.84. The van der Waals surface area contributed by atoms with Crippen LogP contribution < -0.4 is 0 Å². The number of nitriles is 1. The Morgan fingerprint density at radius 1 is 1.21 bits per heavy atom. The Morgan fingerprint density at radius 3 is 2.79 bits per heavy atom. The van der Waals surface area contributed by atoms with Crippen molar-refractivity contribution in [3.63, 3.8) is 0 Å². The van der Waals surface area contributed by atoms with Gasteiger partial charge in [0.1, 0.15) is 23.4 Å². The summed E-state index contributed by atoms with van der Waals surface area (Å²) in [5.41, 5.74) is 4.54. The highest BCUT2D eigenvalue weighted by molar-refractivity contribution is 5.89. The van der Waals surface area contributed by atoms with Crippen LogP contribution in [0.15, 0.2) is 52.9 Å². The van der Waals surface area contributed by atoms with Crippen LogP contribution in [0.3, 0.4) is 0 Å². The van der Waals surface area contributed by atoms with Crippen molar-refractivity contribution in [3.05, 3.63) is 81.4 Å². The Labute approximate surface area is 166 Å². The van der Waals surface area contributed by atoms with Crippen molar-refractivity contribution in [1.82, 2.24) is 9.97 Å². The number of nitrogens with one attached hydrogen (secondary N) is 1. The lowest BCUT2D eigenvalue weighted by molar-refractivity contribution is -0.384. The number of imidazole rings is 1. The monoisotopic (exact) mass is 384 g/mol. The highest BCUT2D eigenvalue weighted by Gasteiger charge is 2.14. The van der Waals surface area contributed by atoms with Crippen molar-refractivity contribution in [1.29, 1.82) is 5.26 Å². The van der Waals surface area contributed by atoms with Crippen molar-refractivity contribution in [2.45, 2.75) is 13.8 Å². The minimum absolute atomic E-state index is 0.00521. The van der Waals surface area contributed by atoms with E-state index >= 15 is 0 Å². The van der Waals surface area contributed by atoms with E-state index in [4.69, 9.17) is 4.42 Å². The number of nitro groups is 1. The maximum absolute atomic E-state index is 11.1. The van der Waals surface area contributed by atoms with Gasteiger partial charge in [-0.2, -0.15) is 5.26 Å². The van der Waals surface area contributed by atoms with Gasteiger partial charge in [0.15, 0.2) is 0 Å². The summed E-state index contributed by atoms with van der Waals surface area (Å²) in [6, 6.07) is 16.0. The fourth-order valence-electron chi connectivity index (χ4n) is 3.11. The number of rotatable bonds is 4. The molecule has 0 saturated carbocycles. The minimum atomic E-state index is -0.441. The maximum atomic E-state index is 11.1. The molecule has 0 unspecified atom stereocenters. The van der Waals surface area contributed by atoms with E-state index < -0.39 is 4.92 Å². The highest BCUT2D eigenvalue weighted by Crippen LogP contribution is 2.30. The molecule has 0 radical (unpaired) electrons. The lowest BCUT2D eigenvalue weighted by atomic mass is 10.1. The Morgan fingerprint density at radius 2 is 2.03 bits per heavy atom. The largest absolute Gasteiger partial charge is 0.457 e. The maximum Gasteiger partial charge on any atom is 0.270 e. The molecule has 1 N–H and O–H groups in total. The molecule has 2 heterocycles. The van der Waals surface area contributed by atoms with Gasteiger partial charge in [-0.3, -0.25) is 10.1 Å². The molecule has 2 aromatic heterocycles. The Bertz CT molecular complexity index is 1320. The first-order valence-corrected chi connectivity index (χ1v) is 8.88. The van der Waals surface area contributed by atoms with Gasteiger partial charge in [0.05, 0.1) is 21.5 Å². The predicted molar refractivity (Wildman–Crippen MR) is 110 cm³/mol. The summed E-state index contributed by atoms with van der Waals surface area (Å²) in [4.78, 5) is 18.2. The first-order chi connectivity index (χ1) is 13.9. The SMILES string of the molecule is Cc1ccc2nc(C(C#N)=Cc3ccc(-c4cc([N+](=O)[O-])ccc4C)o3)[nH]c2c1. The molecule has 142 valence electrons. The van der Waals surface area contributed by atoms with Gasteiger partial charge in [0.25, 0.3) is 5.69 Å². The minimum Gasteiger partial charge on any atom is -0.457 e. The van der Waals surface area contributed by atoms with E-state index in [1.54, 1.807) is 24.3 Å². The van der Waals surface area contributed by atoms with Crippen LogP contribution in [0.1, 0.15) is 22.7 Å². The normalized spacial score (nSPS) is 11.6. The number of non-ortho nitro benzene ring substituents is 1. The Hall–Kier alpha value is -4.18. The summed E-state index contributed by atoms with van der Waals surface area (Å²) in [5, 5.41) is 20.6. The highest BCUT2D eigenvalue weighted by atomic mass is 16.6. The summed E-state index contributed by atoms with van der Waals surface area (Å²) in [6.07, 6.45) is 1.60. The van der Waals surface area contributed by atoms with E-state index in [0.717, 1.165) is 22.2 Å². The number of fused-ring (bicyclic) bond motifs is 1. The topological polar surface area (TPSA) is 109 Å². The number of aromatic amines is 1. The zero-order chi connectivity index (χ0) is 20.5. The fourth-order valence-corrected chi connectivity index (χ4v) is 3.11. The molecule has 4 aromatic rings. The number of nitrogens with zero attached hydrogens (tertiary/aromatic N) is 3. The third-order valence-electron chi connectivity index (χ3n) is 4.62. The van der Waals surface area contributed by atoms with Crippen LogP contribution in [0.25, 0.3) is 34.0 Å². The number of furan rings is 1. The van der Waals surface area contributed by atoms with Crippen molar-refractivity contribution in [3.8, 4) is 17.4 Å². The molecule has 0 atom stereocenters. The van der Waals surface area contributed by atoms with Crippen LogP contribution in [-0.2, 0) is 0 Å². The first kappa shape index (κ1) is 18.2. The molecule has 7 nitrogen and oxygen atoms in total. The van der Waals surface area contributed by atoms with Gasteiger partial charge in [-0.15, -0.1) is 0 Å². The van der Waals surface area contributed by atoms with E-state index in [0.29, 0.717) is 28.5 Å². The van der Waals surface area contributed by atoms with Crippen LogP contribution in [0.2, 0.25) is 0 Å². The molecule has 2 aromatic carbocycles. The summed E-state index contributed by atoms with van der Waals surface area (Å²) < 4.78 is 5.84. The quantitative estimate of drug-likeness (QED) is 0.287. The van der Waals surface area contributed by atoms with E-state index in [1.165, 1.54) is 12.1 Å². The Balaban J connectivity index is 1.71. The number of benzene rings is 2. The molecule has 0 amide bonds. The van der Waals surface area contributed by atoms with Crippen LogP contribution in [-0.4, -0.2) is 14.9 Å². The van der Waals surface area contributed by atoms with E-state index in [1.807, 2.05) is 32.0 Å². The molecule has 0 aliphatic rings. The number of hydrogen-bond acceptors (Lipinski definition) is 5. The smallest absolute Gasteiger partial charge is 0.270 e. The van der Waals surface area contributed by atoms with Gasteiger partial charge >= 0.3 is 0 Å². The summed E-state index contributed by atoms with van der Waals surface area (Å²) >= 11 is 0. The number of nitro benzene ring substituents is 1. The Kier molecular flexibility index (Phi) is 4.45. The average molecular weight is 384 g/mol. The molecule has 0 fully saturated rings. The fraction of sp³-hybridized carbons (Fsp3) is 0.0909. The number of hydrogen-bond donors (Lipinski definition) is 1. The molecule has 0 aliphatic heterocycles. The summed E-state index contributed by atoms with van der Waals surface area (Å²) in [7, 11) is 0. The number of aromatic nitrogens is 2. The molecule has 4 rings (SSSR count). The molecular weight excluding hydrogens is 368 g/mol. The van der Waals surface area contributed by atoms with E-state index in [-0.39, 0.29) is 5.69 Å². The van der Waals surface area contributed by atoms with Gasteiger partial charge in [-0.25, -0.2) is 4.98 Å². The number of aryl methyl sites for hydroxylation is 2. The lowest BCUT2D eigenvalue weighted by Gasteiger charge is -2.02. The standard InChI is InChI=1S/C22H16N4O3/c1-13-3-7-19-20(9-13)25-22(24-19)15(12-23)10-17-6-8-21(29-17)18-11-16(26(27)28)5-4-14(18)2/h3-11H,1-2H3,(H,24,25). The number of allylic oxidation sites excluding steroid dienone is 1. The zero-order valence-corrected chi connectivity index (χ0v) is 15.8. The van der Waals surface area contributed by atoms with E-state index in [9.17, 15) is 15.4 Å². The van der Waals surface area contributed by atoms with Crippen molar-refractivity contribution in [2.75, 3.05) is 0 Å². The predicted octanol–water partition coefficient (Wildman–Crippen LogP) is 5.41. The molecule has 29 heavy (non-hydrogen) atoms. The molecule has 0 aliphatic carbocycles. The van der Waals surface area contributed by atoms with Gasteiger partial charge in [-0.05, 0) is 49.2 Å². The van der Waals surface area contributed by atoms with Gasteiger partial charge < -0.3 is 9.40 Å². The zero-order valence-electron chi connectivity index (χ0n) is 15.8. The van der Waals surface area contributed by atoms with Crippen molar-refractivity contribution >= 4 is 28.4 Å². The van der Waals surface area contributed by atoms with Gasteiger partial charge in [-0.1, -0.05) is 12.1 Å². The molecular formula is C22H16N4O3. The van der Waals surface area contributed by atoms with Crippen LogP contribution in [0.4, 0.5) is 5.69 Å². The van der Waals surface area contributed by atoms with Gasteiger partial charge in [0, 0.05) is 23.8 Å². The second-order valence-corrected chi connectivity index (χ2v) is 6.73. The van der Waals surface area contributed by atoms with Crippen LogP contribution in [0.5, 0.6) is 0 Å². The third kappa shape index (κ3) is 3.51. The second-order valence-electron chi connectivity index (χ2n) is 6.73. The van der Waals surface area contributed by atoms with E-state index in [2.05, 4.69) is 16.0 Å². The van der Waals surface area contributed by atoms with Gasteiger partial charge in [0.2, 0.25) is 0 Å². The molecule has 7 heteroatoms. The second kappa shape index (κ2) is 7.09. The molecule has 0 spiro atoms. The lowest BCUT2D eigenvalue weighted by Crippen LogP contribution is -1.89. The van der Waals surface area contributed by atoms with Crippen molar-refractivity contribution < 1.29 is 9.34 Å². The third-order valence-corrected chi connectivity index (χ3v) is 4.62. The summed E-state index contributed by atoms with van der Waals surface area (Å²) in [5.74, 6) is 1.41. The first-order valence-electron chi connectivity index (χ1n) is 8.88. The van der Waals surface area contributed by atoms with Crippen molar-refractivity contribution in [2.24, 2.45) is 0 Å². The average Bonchev–Trinajstić information content (AvgIpc) is 3.32. The molecule has 0 bridgehead atoms. The molecule has 0 saturated heterocycles.